The number of rotatable bonds is 4. The third-order valence-corrected chi connectivity index (χ3v) is 3.75. The Morgan fingerprint density at radius 1 is 1.50 bits per heavy atom. The second kappa shape index (κ2) is 6.79. The molecule has 1 aliphatic rings. The number of halogens is 1. The van der Waals surface area contributed by atoms with Crippen molar-refractivity contribution < 1.29 is 18.5 Å². The Labute approximate surface area is 137 Å². The first-order valence-corrected chi connectivity index (χ1v) is 7.54. The number of anilines is 1. The minimum absolute atomic E-state index is 0.0572. The van der Waals surface area contributed by atoms with Crippen LogP contribution in [0.4, 0.5) is 10.2 Å². The first kappa shape index (κ1) is 16.1. The molecule has 1 unspecified atom stereocenters. The standard InChI is InChI=1S/C16H17FN4O3/c1-10-8-13(20-24-10)19-14(22)9-21-7-6-18-16(23)15(21)11-4-2-3-5-12(11)17/h2-5,8,15H,6-7,9H2,1H3,(H,18,23)(H,19,20,22). The number of carbonyl (C=O) groups is 2. The number of nitrogens with zero attached hydrogens (tertiary/aromatic N) is 2. The highest BCUT2D eigenvalue weighted by Crippen LogP contribution is 2.25. The third-order valence-electron chi connectivity index (χ3n) is 3.75. The van der Waals surface area contributed by atoms with Crippen molar-refractivity contribution >= 4 is 17.6 Å². The fraction of sp³-hybridized carbons (Fsp3) is 0.312. The average Bonchev–Trinajstić information content (AvgIpc) is 2.93. The van der Waals surface area contributed by atoms with Crippen molar-refractivity contribution in [3.8, 4) is 0 Å². The number of piperazine rings is 1. The lowest BCUT2D eigenvalue weighted by molar-refractivity contribution is -0.130. The Morgan fingerprint density at radius 3 is 3.00 bits per heavy atom. The van der Waals surface area contributed by atoms with E-state index in [9.17, 15) is 14.0 Å². The van der Waals surface area contributed by atoms with Crippen LogP contribution in [-0.2, 0) is 9.59 Å². The van der Waals surface area contributed by atoms with Crippen LogP contribution in [0, 0.1) is 12.7 Å². The Balaban J connectivity index is 1.75. The van der Waals surface area contributed by atoms with Crippen LogP contribution in [0.15, 0.2) is 34.9 Å². The van der Waals surface area contributed by atoms with E-state index in [4.69, 9.17) is 4.52 Å². The van der Waals surface area contributed by atoms with Gasteiger partial charge in [-0.05, 0) is 13.0 Å². The Hall–Kier alpha value is -2.74. The maximum atomic E-state index is 14.1. The lowest BCUT2D eigenvalue weighted by atomic mass is 10.0. The molecular formula is C16H17FN4O3. The predicted molar refractivity (Wildman–Crippen MR) is 83.6 cm³/mol. The quantitative estimate of drug-likeness (QED) is 0.879. The van der Waals surface area contributed by atoms with E-state index in [1.165, 1.54) is 6.07 Å². The lowest BCUT2D eigenvalue weighted by Gasteiger charge is -2.34. The van der Waals surface area contributed by atoms with Gasteiger partial charge in [0.1, 0.15) is 17.6 Å². The molecule has 1 atom stereocenters. The van der Waals surface area contributed by atoms with E-state index in [-0.39, 0.29) is 23.9 Å². The average molecular weight is 332 g/mol. The summed E-state index contributed by atoms with van der Waals surface area (Å²) >= 11 is 0. The van der Waals surface area contributed by atoms with Gasteiger partial charge in [-0.1, -0.05) is 23.4 Å². The summed E-state index contributed by atoms with van der Waals surface area (Å²) in [6.45, 7) is 2.50. The smallest absolute Gasteiger partial charge is 0.242 e. The summed E-state index contributed by atoms with van der Waals surface area (Å²) < 4.78 is 19.0. The van der Waals surface area contributed by atoms with Crippen LogP contribution in [0.5, 0.6) is 0 Å². The maximum absolute atomic E-state index is 14.1. The molecule has 2 N–H and O–H groups in total. The number of aryl methyl sites for hydroxylation is 1. The molecule has 2 heterocycles. The van der Waals surface area contributed by atoms with E-state index >= 15 is 0 Å². The zero-order valence-electron chi connectivity index (χ0n) is 13.1. The highest BCUT2D eigenvalue weighted by molar-refractivity contribution is 5.92. The van der Waals surface area contributed by atoms with Gasteiger partial charge in [-0.25, -0.2) is 4.39 Å². The maximum Gasteiger partial charge on any atom is 0.242 e. The van der Waals surface area contributed by atoms with Crippen molar-refractivity contribution in [1.82, 2.24) is 15.4 Å². The summed E-state index contributed by atoms with van der Waals surface area (Å²) in [5.74, 6) is -0.263. The van der Waals surface area contributed by atoms with E-state index in [2.05, 4.69) is 15.8 Å². The Morgan fingerprint density at radius 2 is 2.29 bits per heavy atom. The molecular weight excluding hydrogens is 315 g/mol. The van der Waals surface area contributed by atoms with Crippen LogP contribution in [-0.4, -0.2) is 41.5 Å². The molecule has 1 aliphatic heterocycles. The van der Waals surface area contributed by atoms with Crippen LogP contribution in [0.25, 0.3) is 0 Å². The monoisotopic (exact) mass is 332 g/mol. The van der Waals surface area contributed by atoms with Crippen molar-refractivity contribution in [2.45, 2.75) is 13.0 Å². The molecule has 0 aliphatic carbocycles. The highest BCUT2D eigenvalue weighted by Gasteiger charge is 2.34. The largest absolute Gasteiger partial charge is 0.360 e. The first-order chi connectivity index (χ1) is 11.5. The van der Waals surface area contributed by atoms with Gasteiger partial charge in [0, 0.05) is 24.7 Å². The van der Waals surface area contributed by atoms with Gasteiger partial charge in [-0.3, -0.25) is 14.5 Å². The fourth-order valence-corrected chi connectivity index (χ4v) is 2.71. The van der Waals surface area contributed by atoms with Crippen molar-refractivity contribution in [3.05, 3.63) is 47.5 Å². The number of nitrogens with one attached hydrogen (secondary N) is 2. The molecule has 126 valence electrons. The van der Waals surface area contributed by atoms with Gasteiger partial charge >= 0.3 is 0 Å². The molecule has 2 amide bonds. The second-order valence-electron chi connectivity index (χ2n) is 5.56. The molecule has 1 saturated heterocycles. The Bertz CT molecular complexity index is 761. The molecule has 1 fully saturated rings. The minimum atomic E-state index is -0.843. The zero-order valence-corrected chi connectivity index (χ0v) is 13.1. The van der Waals surface area contributed by atoms with Gasteiger partial charge < -0.3 is 15.2 Å². The molecule has 7 nitrogen and oxygen atoms in total. The number of hydrogen-bond donors (Lipinski definition) is 2. The van der Waals surface area contributed by atoms with Gasteiger partial charge in [0.05, 0.1) is 6.54 Å². The van der Waals surface area contributed by atoms with E-state index in [1.807, 2.05) is 0 Å². The molecule has 2 aromatic rings. The normalized spacial score (nSPS) is 18.2. The summed E-state index contributed by atoms with van der Waals surface area (Å²) in [5, 5.41) is 9.00. The zero-order chi connectivity index (χ0) is 17.1. The molecule has 1 aromatic carbocycles. The molecule has 0 bridgehead atoms. The third kappa shape index (κ3) is 3.43. The highest BCUT2D eigenvalue weighted by atomic mass is 19.1. The van der Waals surface area contributed by atoms with E-state index in [1.54, 1.807) is 36.1 Å². The summed E-state index contributed by atoms with van der Waals surface area (Å²) in [6.07, 6.45) is 0. The summed E-state index contributed by atoms with van der Waals surface area (Å²) in [5.41, 5.74) is 0.250. The minimum Gasteiger partial charge on any atom is -0.360 e. The van der Waals surface area contributed by atoms with Crippen LogP contribution in [0.1, 0.15) is 17.4 Å². The molecule has 0 saturated carbocycles. The number of aromatic nitrogens is 1. The summed E-state index contributed by atoms with van der Waals surface area (Å²) in [4.78, 5) is 26.1. The molecule has 8 heteroatoms. The topological polar surface area (TPSA) is 87.5 Å². The van der Waals surface area contributed by atoms with Crippen molar-refractivity contribution in [2.24, 2.45) is 0 Å². The van der Waals surface area contributed by atoms with Crippen molar-refractivity contribution in [2.75, 3.05) is 25.0 Å². The van der Waals surface area contributed by atoms with Gasteiger partial charge in [0.25, 0.3) is 0 Å². The predicted octanol–water partition coefficient (Wildman–Crippen LogP) is 1.23. The van der Waals surface area contributed by atoms with Crippen molar-refractivity contribution in [1.29, 1.82) is 0 Å². The lowest BCUT2D eigenvalue weighted by Crippen LogP contribution is -2.52. The SMILES string of the molecule is Cc1cc(NC(=O)CN2CCNC(=O)C2c2ccccc2F)no1. The molecule has 0 spiro atoms. The fourth-order valence-electron chi connectivity index (χ4n) is 2.71. The van der Waals surface area contributed by atoms with Crippen LogP contribution in [0.2, 0.25) is 0 Å². The van der Waals surface area contributed by atoms with E-state index in [0.29, 0.717) is 24.7 Å². The van der Waals surface area contributed by atoms with Gasteiger partial charge in [-0.2, -0.15) is 0 Å². The van der Waals surface area contributed by atoms with Gasteiger partial charge in [0.2, 0.25) is 11.8 Å². The molecule has 0 radical (unpaired) electrons. The second-order valence-corrected chi connectivity index (χ2v) is 5.56. The number of amides is 2. The number of hydrogen-bond acceptors (Lipinski definition) is 5. The molecule has 24 heavy (non-hydrogen) atoms. The van der Waals surface area contributed by atoms with Gasteiger partial charge in [0.15, 0.2) is 5.82 Å². The molecule has 3 rings (SSSR count). The van der Waals surface area contributed by atoms with Crippen LogP contribution < -0.4 is 10.6 Å². The number of carbonyl (C=O) groups excluding carboxylic acids is 2. The summed E-state index contributed by atoms with van der Waals surface area (Å²) in [6, 6.07) is 6.82. The summed E-state index contributed by atoms with van der Waals surface area (Å²) in [7, 11) is 0. The van der Waals surface area contributed by atoms with Crippen LogP contribution >= 0.6 is 0 Å². The Kier molecular flexibility index (Phi) is 4.57. The van der Waals surface area contributed by atoms with E-state index < -0.39 is 11.9 Å². The van der Waals surface area contributed by atoms with Crippen LogP contribution in [0.3, 0.4) is 0 Å². The van der Waals surface area contributed by atoms with Gasteiger partial charge in [-0.15, -0.1) is 0 Å². The van der Waals surface area contributed by atoms with E-state index in [0.717, 1.165) is 0 Å². The van der Waals surface area contributed by atoms with Crippen molar-refractivity contribution in [3.63, 3.8) is 0 Å². The molecule has 1 aromatic heterocycles. The first-order valence-electron chi connectivity index (χ1n) is 7.54. The number of benzene rings is 1.